The Labute approximate surface area is 182 Å². The molecular weight excluding hydrogens is 382 g/mol. The zero-order chi connectivity index (χ0) is 21.6. The topological polar surface area (TPSA) is 45.2 Å². The minimum Gasteiger partial charge on any atom is -0.355 e. The van der Waals surface area contributed by atoms with E-state index in [9.17, 15) is 4.79 Å². The number of hydrogen-bond donors (Lipinski definition) is 1. The van der Waals surface area contributed by atoms with E-state index in [1.807, 2.05) is 59.5 Å². The van der Waals surface area contributed by atoms with E-state index in [-0.39, 0.29) is 11.3 Å². The molecule has 0 radical (unpaired) electrons. The molecule has 5 rings (SSSR count). The number of fused-ring (bicyclic) bond motifs is 2. The largest absolute Gasteiger partial charge is 0.355 e. The molecule has 0 atom stereocenters. The highest BCUT2D eigenvalue weighted by Gasteiger charge is 2.31. The minimum atomic E-state index is 0.0315. The molecule has 0 aliphatic carbocycles. The van der Waals surface area contributed by atoms with Crippen LogP contribution in [0.2, 0.25) is 0 Å². The number of anilines is 3. The van der Waals surface area contributed by atoms with Crippen molar-refractivity contribution >= 4 is 33.9 Å². The molecule has 0 bridgehead atoms. The second kappa shape index (κ2) is 7.24. The van der Waals surface area contributed by atoms with E-state index in [2.05, 4.69) is 49.3 Å². The summed E-state index contributed by atoms with van der Waals surface area (Å²) in [7, 11) is 0. The number of amides is 1. The number of nitrogens with one attached hydrogen (secondary N) is 1. The number of carbonyl (C=O) groups is 1. The normalized spacial score (nSPS) is 13.5. The molecule has 4 heteroatoms. The van der Waals surface area contributed by atoms with Crippen molar-refractivity contribution in [2.24, 2.45) is 0 Å². The molecule has 1 aromatic heterocycles. The first kappa shape index (κ1) is 19.3. The standard InChI is InChI=1S/C27H25N3O/c1-27(2,3)20-9-12-22(13-10-20)30-17-19-6-4-8-24(25(19)26(30)31)29-21-11-14-23-18(16-21)7-5-15-28-23/h4-16,29H,17H2,1-3H3. The lowest BCUT2D eigenvalue weighted by atomic mass is 9.87. The molecule has 2 heterocycles. The molecule has 1 aliphatic rings. The van der Waals surface area contributed by atoms with Crippen LogP contribution < -0.4 is 10.2 Å². The van der Waals surface area contributed by atoms with Crippen molar-refractivity contribution in [3.63, 3.8) is 0 Å². The van der Waals surface area contributed by atoms with E-state index in [1.165, 1.54) is 5.56 Å². The number of aromatic nitrogens is 1. The summed E-state index contributed by atoms with van der Waals surface area (Å²) < 4.78 is 0. The van der Waals surface area contributed by atoms with Gasteiger partial charge in [-0.3, -0.25) is 9.78 Å². The van der Waals surface area contributed by atoms with E-state index in [4.69, 9.17) is 0 Å². The monoisotopic (exact) mass is 407 g/mol. The Hall–Kier alpha value is -3.66. The Morgan fingerprint density at radius 2 is 1.74 bits per heavy atom. The van der Waals surface area contributed by atoms with Gasteiger partial charge < -0.3 is 10.2 Å². The molecule has 3 aromatic carbocycles. The van der Waals surface area contributed by atoms with Gasteiger partial charge in [-0.25, -0.2) is 0 Å². The second-order valence-electron chi connectivity index (χ2n) is 9.06. The van der Waals surface area contributed by atoms with Crippen LogP contribution in [-0.2, 0) is 12.0 Å². The average Bonchev–Trinajstić information content (AvgIpc) is 3.11. The summed E-state index contributed by atoms with van der Waals surface area (Å²) >= 11 is 0. The van der Waals surface area contributed by atoms with Crippen LogP contribution >= 0.6 is 0 Å². The molecule has 154 valence electrons. The van der Waals surface area contributed by atoms with Crippen LogP contribution in [0.4, 0.5) is 17.1 Å². The number of benzene rings is 3. The molecule has 1 N–H and O–H groups in total. The maximum atomic E-state index is 13.4. The number of carbonyl (C=O) groups excluding carboxylic acids is 1. The maximum Gasteiger partial charge on any atom is 0.261 e. The molecule has 0 fully saturated rings. The van der Waals surface area contributed by atoms with Gasteiger partial charge in [0.25, 0.3) is 5.91 Å². The molecule has 0 unspecified atom stereocenters. The summed E-state index contributed by atoms with van der Waals surface area (Å²) in [6, 6.07) is 24.4. The van der Waals surface area contributed by atoms with Gasteiger partial charge >= 0.3 is 0 Å². The molecule has 4 aromatic rings. The van der Waals surface area contributed by atoms with Crippen LogP contribution in [0.1, 0.15) is 42.3 Å². The molecule has 0 saturated heterocycles. The second-order valence-corrected chi connectivity index (χ2v) is 9.06. The average molecular weight is 408 g/mol. The van der Waals surface area contributed by atoms with E-state index in [0.717, 1.165) is 39.1 Å². The van der Waals surface area contributed by atoms with Crippen LogP contribution in [0.5, 0.6) is 0 Å². The third-order valence-corrected chi connectivity index (χ3v) is 5.87. The Morgan fingerprint density at radius 1 is 0.935 bits per heavy atom. The third kappa shape index (κ3) is 3.55. The third-order valence-electron chi connectivity index (χ3n) is 5.87. The summed E-state index contributed by atoms with van der Waals surface area (Å²) in [5.74, 6) is 0.0315. The highest BCUT2D eigenvalue weighted by Crippen LogP contribution is 2.35. The summed E-state index contributed by atoms with van der Waals surface area (Å²) in [6.07, 6.45) is 1.79. The van der Waals surface area contributed by atoms with E-state index in [1.54, 1.807) is 6.20 Å². The summed E-state index contributed by atoms with van der Waals surface area (Å²) in [5.41, 5.74) is 6.78. The van der Waals surface area contributed by atoms with Gasteiger partial charge in [-0.15, -0.1) is 0 Å². The lowest BCUT2D eigenvalue weighted by molar-refractivity contribution is 0.0997. The molecule has 0 saturated carbocycles. The quantitative estimate of drug-likeness (QED) is 0.425. The fraction of sp³-hybridized carbons (Fsp3) is 0.185. The van der Waals surface area contributed by atoms with Crippen molar-refractivity contribution in [3.05, 3.63) is 95.7 Å². The van der Waals surface area contributed by atoms with E-state index in [0.29, 0.717) is 6.54 Å². The lowest BCUT2D eigenvalue weighted by Crippen LogP contribution is -2.23. The number of rotatable bonds is 3. The molecule has 31 heavy (non-hydrogen) atoms. The predicted octanol–water partition coefficient (Wildman–Crippen LogP) is 6.44. The predicted molar refractivity (Wildman–Crippen MR) is 127 cm³/mol. The van der Waals surface area contributed by atoms with Gasteiger partial charge in [0.15, 0.2) is 0 Å². The first-order valence-electron chi connectivity index (χ1n) is 10.6. The molecular formula is C27H25N3O. The Balaban J connectivity index is 1.45. The summed E-state index contributed by atoms with van der Waals surface area (Å²) in [5, 5.41) is 4.51. The minimum absolute atomic E-state index is 0.0315. The fourth-order valence-corrected chi connectivity index (χ4v) is 4.12. The number of nitrogens with zero attached hydrogens (tertiary/aromatic N) is 2. The Bertz CT molecular complexity index is 1290. The lowest BCUT2D eigenvalue weighted by Gasteiger charge is -2.21. The molecule has 0 spiro atoms. The van der Waals surface area contributed by atoms with Crippen molar-refractivity contribution in [1.82, 2.24) is 4.98 Å². The van der Waals surface area contributed by atoms with E-state index < -0.39 is 0 Å². The highest BCUT2D eigenvalue weighted by atomic mass is 16.2. The first-order chi connectivity index (χ1) is 14.9. The maximum absolute atomic E-state index is 13.4. The van der Waals surface area contributed by atoms with Crippen LogP contribution in [-0.4, -0.2) is 10.9 Å². The molecule has 1 amide bonds. The smallest absolute Gasteiger partial charge is 0.261 e. The zero-order valence-electron chi connectivity index (χ0n) is 18.0. The van der Waals surface area contributed by atoms with Gasteiger partial charge in [-0.1, -0.05) is 51.1 Å². The number of hydrogen-bond acceptors (Lipinski definition) is 3. The SMILES string of the molecule is CC(C)(C)c1ccc(N2Cc3cccc(Nc4ccc5ncccc5c4)c3C2=O)cc1. The van der Waals surface area contributed by atoms with Crippen molar-refractivity contribution < 1.29 is 4.79 Å². The van der Waals surface area contributed by atoms with Gasteiger partial charge in [-0.2, -0.15) is 0 Å². The van der Waals surface area contributed by atoms with Crippen LogP contribution in [0.15, 0.2) is 79.0 Å². The van der Waals surface area contributed by atoms with Crippen molar-refractivity contribution in [3.8, 4) is 0 Å². The van der Waals surface area contributed by atoms with Gasteiger partial charge in [0.1, 0.15) is 0 Å². The summed E-state index contributed by atoms with van der Waals surface area (Å²) in [6.45, 7) is 7.17. The number of pyridine rings is 1. The molecule has 4 nitrogen and oxygen atoms in total. The van der Waals surface area contributed by atoms with Gasteiger partial charge in [0, 0.05) is 23.0 Å². The highest BCUT2D eigenvalue weighted by molar-refractivity contribution is 6.13. The molecule has 1 aliphatic heterocycles. The van der Waals surface area contributed by atoms with Crippen molar-refractivity contribution in [1.29, 1.82) is 0 Å². The van der Waals surface area contributed by atoms with Crippen LogP contribution in [0, 0.1) is 0 Å². The Kier molecular flexibility index (Phi) is 4.51. The first-order valence-corrected chi connectivity index (χ1v) is 10.6. The fourth-order valence-electron chi connectivity index (χ4n) is 4.12. The van der Waals surface area contributed by atoms with E-state index >= 15 is 0 Å². The van der Waals surface area contributed by atoms with Gasteiger partial charge in [-0.05, 0) is 59.0 Å². The van der Waals surface area contributed by atoms with Crippen molar-refractivity contribution in [2.45, 2.75) is 32.7 Å². The zero-order valence-corrected chi connectivity index (χ0v) is 18.0. The van der Waals surface area contributed by atoms with Crippen molar-refractivity contribution in [2.75, 3.05) is 10.2 Å². The van der Waals surface area contributed by atoms with Crippen LogP contribution in [0.25, 0.3) is 10.9 Å². The van der Waals surface area contributed by atoms with Gasteiger partial charge in [0.2, 0.25) is 0 Å². The Morgan fingerprint density at radius 3 is 2.52 bits per heavy atom. The van der Waals surface area contributed by atoms with Crippen LogP contribution in [0.3, 0.4) is 0 Å². The summed E-state index contributed by atoms with van der Waals surface area (Å²) in [4.78, 5) is 19.6. The van der Waals surface area contributed by atoms with Gasteiger partial charge in [0.05, 0.1) is 23.3 Å².